The van der Waals surface area contributed by atoms with Gasteiger partial charge in [-0.05, 0) is 0 Å². The number of nitrogens with two attached hydrogens (primary N) is 1. The minimum atomic E-state index is -1.16. The number of primary amides is 1. The minimum Gasteiger partial charge on any atom is -0.363 e. The number of hydrogen-bond acceptors (Lipinski definition) is 4. The van der Waals surface area contributed by atoms with E-state index in [4.69, 9.17) is 0 Å². The molecule has 0 spiro atoms. The quantitative estimate of drug-likeness (QED) is 0.286. The lowest BCUT2D eigenvalue weighted by molar-refractivity contribution is -0.384. The number of carbonyl (C=O) groups is 2. The summed E-state index contributed by atoms with van der Waals surface area (Å²) in [5.41, 5.74) is 4.21. The highest BCUT2D eigenvalue weighted by Crippen LogP contribution is 2.12. The van der Waals surface area contributed by atoms with Gasteiger partial charge < -0.3 is 10.7 Å². The highest BCUT2D eigenvalue weighted by Gasteiger charge is 2.17. The Bertz CT molecular complexity index is 381. The molecule has 0 saturated carbocycles. The number of rotatable bonds is 3. The van der Waals surface area contributed by atoms with Gasteiger partial charge in [-0.25, -0.2) is 0 Å². The van der Waals surface area contributed by atoms with Gasteiger partial charge in [0, 0.05) is 6.07 Å². The Kier molecular flexibility index (Phi) is 2.09. The van der Waals surface area contributed by atoms with Crippen molar-refractivity contribution in [1.82, 2.24) is 4.98 Å². The van der Waals surface area contributed by atoms with E-state index in [0.29, 0.717) is 0 Å². The van der Waals surface area contributed by atoms with Gasteiger partial charge in [-0.15, -0.1) is 0 Å². The average molecular weight is 183 g/mol. The summed E-state index contributed by atoms with van der Waals surface area (Å²) < 4.78 is 0. The third-order valence-electron chi connectivity index (χ3n) is 1.35. The maximum Gasteiger partial charge on any atom is 0.291 e. The van der Waals surface area contributed by atoms with Crippen molar-refractivity contribution in [2.45, 2.75) is 0 Å². The van der Waals surface area contributed by atoms with Crippen molar-refractivity contribution in [2.24, 2.45) is 5.73 Å². The lowest BCUT2D eigenvalue weighted by Crippen LogP contribution is -2.23. The molecular formula is C6H5N3O4. The molecule has 1 amide bonds. The standard InChI is InChI=1S/C6H5N3O4/c7-6(11)5(10)4-1-3(2-8-4)9(12)13/h1-2,8H,(H2,7,11). The summed E-state index contributed by atoms with van der Waals surface area (Å²) in [6.45, 7) is 0. The fourth-order valence-electron chi connectivity index (χ4n) is 0.752. The molecule has 3 N–H and O–H groups in total. The van der Waals surface area contributed by atoms with E-state index < -0.39 is 16.6 Å². The molecule has 0 radical (unpaired) electrons. The molecule has 0 saturated heterocycles. The van der Waals surface area contributed by atoms with E-state index in [9.17, 15) is 19.7 Å². The number of hydrogen-bond donors (Lipinski definition) is 2. The molecule has 68 valence electrons. The van der Waals surface area contributed by atoms with Crippen molar-refractivity contribution in [3.8, 4) is 0 Å². The number of aromatic amines is 1. The Hall–Kier alpha value is -2.18. The van der Waals surface area contributed by atoms with Crippen LogP contribution in [-0.4, -0.2) is 21.6 Å². The third-order valence-corrected chi connectivity index (χ3v) is 1.35. The summed E-state index contributed by atoms with van der Waals surface area (Å²) >= 11 is 0. The zero-order valence-corrected chi connectivity index (χ0v) is 6.31. The number of amides is 1. The SMILES string of the molecule is NC(=O)C(=O)c1cc([N+](=O)[O-])c[nH]1. The van der Waals surface area contributed by atoms with Crippen LogP contribution in [0.15, 0.2) is 12.3 Å². The monoisotopic (exact) mass is 183 g/mol. The van der Waals surface area contributed by atoms with Crippen molar-refractivity contribution >= 4 is 17.4 Å². The Morgan fingerprint density at radius 3 is 2.54 bits per heavy atom. The zero-order chi connectivity index (χ0) is 10.0. The molecule has 13 heavy (non-hydrogen) atoms. The van der Waals surface area contributed by atoms with Crippen molar-refractivity contribution in [3.05, 3.63) is 28.1 Å². The largest absolute Gasteiger partial charge is 0.363 e. The van der Waals surface area contributed by atoms with Gasteiger partial charge >= 0.3 is 0 Å². The minimum absolute atomic E-state index is 0.181. The molecule has 7 nitrogen and oxygen atoms in total. The predicted octanol–water partition coefficient (Wildman–Crippen LogP) is -0.409. The third kappa shape index (κ3) is 1.70. The van der Waals surface area contributed by atoms with Crippen LogP contribution in [-0.2, 0) is 4.79 Å². The van der Waals surface area contributed by atoms with Crippen LogP contribution in [0.25, 0.3) is 0 Å². The van der Waals surface area contributed by atoms with Crippen molar-refractivity contribution in [3.63, 3.8) is 0 Å². The van der Waals surface area contributed by atoms with Gasteiger partial charge in [-0.1, -0.05) is 0 Å². The highest BCUT2D eigenvalue weighted by molar-refractivity contribution is 6.41. The number of nitrogens with one attached hydrogen (secondary N) is 1. The first-order chi connectivity index (χ1) is 6.02. The maximum atomic E-state index is 10.9. The van der Waals surface area contributed by atoms with Crippen LogP contribution >= 0.6 is 0 Å². The second kappa shape index (κ2) is 3.05. The van der Waals surface area contributed by atoms with Gasteiger partial charge in [0.1, 0.15) is 0 Å². The molecule has 1 aromatic rings. The first-order valence-electron chi connectivity index (χ1n) is 3.19. The van der Waals surface area contributed by atoms with E-state index in [-0.39, 0.29) is 11.4 Å². The van der Waals surface area contributed by atoms with E-state index >= 15 is 0 Å². The molecule has 0 bridgehead atoms. The van der Waals surface area contributed by atoms with E-state index in [2.05, 4.69) is 10.7 Å². The molecule has 7 heteroatoms. The molecular weight excluding hydrogens is 178 g/mol. The highest BCUT2D eigenvalue weighted by atomic mass is 16.6. The molecule has 0 aliphatic carbocycles. The molecule has 0 aromatic carbocycles. The molecule has 1 heterocycles. The maximum absolute atomic E-state index is 10.9. The lowest BCUT2D eigenvalue weighted by Gasteiger charge is -1.87. The molecule has 1 rings (SSSR count). The Morgan fingerprint density at radius 1 is 1.54 bits per heavy atom. The smallest absolute Gasteiger partial charge is 0.291 e. The van der Waals surface area contributed by atoms with E-state index in [0.717, 1.165) is 12.3 Å². The van der Waals surface area contributed by atoms with Gasteiger partial charge in [0.15, 0.2) is 0 Å². The Morgan fingerprint density at radius 2 is 2.15 bits per heavy atom. The zero-order valence-electron chi connectivity index (χ0n) is 6.31. The first-order valence-corrected chi connectivity index (χ1v) is 3.19. The van der Waals surface area contributed by atoms with Crippen LogP contribution in [0.3, 0.4) is 0 Å². The number of nitrogens with zero attached hydrogens (tertiary/aromatic N) is 1. The summed E-state index contributed by atoms with van der Waals surface area (Å²) in [5, 5.41) is 10.2. The second-order valence-electron chi connectivity index (χ2n) is 2.22. The number of nitro groups is 1. The summed E-state index contributed by atoms with van der Waals surface area (Å²) in [7, 11) is 0. The Labute approximate surface area is 71.7 Å². The number of ketones is 1. The normalized spacial score (nSPS) is 9.54. The van der Waals surface area contributed by atoms with Crippen LogP contribution < -0.4 is 5.73 Å². The van der Waals surface area contributed by atoms with Crippen LogP contribution in [0, 0.1) is 10.1 Å². The van der Waals surface area contributed by atoms with Crippen molar-refractivity contribution < 1.29 is 14.5 Å². The topological polar surface area (TPSA) is 119 Å². The molecule has 0 aliphatic heterocycles. The number of carbonyl (C=O) groups excluding carboxylic acids is 2. The van der Waals surface area contributed by atoms with Crippen LogP contribution in [0.5, 0.6) is 0 Å². The molecule has 0 unspecified atom stereocenters. The fraction of sp³-hybridized carbons (Fsp3) is 0. The summed E-state index contributed by atoms with van der Waals surface area (Å²) in [6.07, 6.45) is 1.01. The van der Waals surface area contributed by atoms with Gasteiger partial charge in [-0.2, -0.15) is 0 Å². The van der Waals surface area contributed by atoms with Gasteiger partial charge in [0.2, 0.25) is 0 Å². The fourth-order valence-corrected chi connectivity index (χ4v) is 0.752. The van der Waals surface area contributed by atoms with Gasteiger partial charge in [0.25, 0.3) is 17.4 Å². The summed E-state index contributed by atoms with van der Waals surface area (Å²) in [6, 6.07) is 0.951. The van der Waals surface area contributed by atoms with Crippen LogP contribution in [0.4, 0.5) is 5.69 Å². The summed E-state index contributed by atoms with van der Waals surface area (Å²) in [5.74, 6) is -2.13. The molecule has 0 atom stereocenters. The summed E-state index contributed by atoms with van der Waals surface area (Å²) in [4.78, 5) is 33.0. The number of Topliss-reactive ketones (excluding diaryl/α,β-unsaturated/α-hetero) is 1. The van der Waals surface area contributed by atoms with E-state index in [1.807, 2.05) is 0 Å². The van der Waals surface area contributed by atoms with E-state index in [1.165, 1.54) is 0 Å². The van der Waals surface area contributed by atoms with Crippen LogP contribution in [0.1, 0.15) is 10.5 Å². The lowest BCUT2D eigenvalue weighted by atomic mass is 10.3. The second-order valence-corrected chi connectivity index (χ2v) is 2.22. The number of H-pyrrole nitrogens is 1. The van der Waals surface area contributed by atoms with Crippen LogP contribution in [0.2, 0.25) is 0 Å². The van der Waals surface area contributed by atoms with Gasteiger partial charge in [-0.3, -0.25) is 19.7 Å². The molecule has 1 aromatic heterocycles. The van der Waals surface area contributed by atoms with Gasteiger partial charge in [0.05, 0.1) is 16.8 Å². The first kappa shape index (κ1) is 8.91. The number of aromatic nitrogens is 1. The Balaban J connectivity index is 2.99. The van der Waals surface area contributed by atoms with E-state index in [1.54, 1.807) is 0 Å². The molecule has 0 fully saturated rings. The predicted molar refractivity (Wildman–Crippen MR) is 41.0 cm³/mol. The average Bonchev–Trinajstić information content (AvgIpc) is 2.50. The molecule has 0 aliphatic rings. The van der Waals surface area contributed by atoms with Crippen molar-refractivity contribution in [1.29, 1.82) is 0 Å². The van der Waals surface area contributed by atoms with Crippen molar-refractivity contribution in [2.75, 3.05) is 0 Å².